The van der Waals surface area contributed by atoms with Crippen LogP contribution < -0.4 is 15.6 Å². The molecule has 1 aromatic rings. The number of hydrazine groups is 1. The minimum Gasteiger partial charge on any atom is -0.481 e. The van der Waals surface area contributed by atoms with Crippen LogP contribution in [0.3, 0.4) is 0 Å². The SMILES string of the molecule is CC(C)(CNNCC(=O)Oc1ccc(COC(=O)ON2C(=O)CCC2=O)cc1)C(=O)O. The van der Waals surface area contributed by atoms with Crippen LogP contribution >= 0.6 is 0 Å². The summed E-state index contributed by atoms with van der Waals surface area (Å²) in [5, 5.41) is 9.38. The summed E-state index contributed by atoms with van der Waals surface area (Å²) in [6.45, 7) is 2.80. The van der Waals surface area contributed by atoms with Gasteiger partial charge in [-0.3, -0.25) is 29.4 Å². The summed E-state index contributed by atoms with van der Waals surface area (Å²) in [7, 11) is 0. The van der Waals surface area contributed by atoms with Crippen LogP contribution in [0, 0.1) is 5.41 Å². The van der Waals surface area contributed by atoms with Crippen LogP contribution in [0.15, 0.2) is 24.3 Å². The van der Waals surface area contributed by atoms with Crippen molar-refractivity contribution in [3.63, 3.8) is 0 Å². The molecule has 0 unspecified atom stereocenters. The highest BCUT2D eigenvalue weighted by atomic mass is 16.8. The van der Waals surface area contributed by atoms with E-state index in [9.17, 15) is 24.0 Å². The Morgan fingerprint density at radius 2 is 1.68 bits per heavy atom. The smallest absolute Gasteiger partial charge is 0.481 e. The molecular formula is C19H23N3O9. The molecule has 12 nitrogen and oxygen atoms in total. The summed E-state index contributed by atoms with van der Waals surface area (Å²) in [6, 6.07) is 6.05. The Morgan fingerprint density at radius 1 is 1.06 bits per heavy atom. The topological polar surface area (TPSA) is 161 Å². The second-order valence-electron chi connectivity index (χ2n) is 7.23. The number of carboxylic acid groups (broad SMARTS) is 1. The van der Waals surface area contributed by atoms with Gasteiger partial charge < -0.3 is 14.6 Å². The van der Waals surface area contributed by atoms with Gasteiger partial charge in [0.1, 0.15) is 18.9 Å². The van der Waals surface area contributed by atoms with Crippen LogP contribution in [0.4, 0.5) is 4.79 Å². The number of carbonyl (C=O) groups excluding carboxylic acids is 4. The number of aliphatic carboxylic acids is 1. The highest BCUT2D eigenvalue weighted by Gasteiger charge is 2.33. The quantitative estimate of drug-likeness (QED) is 0.154. The van der Waals surface area contributed by atoms with Gasteiger partial charge in [0.2, 0.25) is 0 Å². The molecule has 1 aliphatic heterocycles. The maximum Gasteiger partial charge on any atom is 0.534 e. The Bertz CT molecular complexity index is 836. The number of benzene rings is 1. The molecular weight excluding hydrogens is 414 g/mol. The summed E-state index contributed by atoms with van der Waals surface area (Å²) in [6.07, 6.45) is -1.22. The number of imide groups is 1. The molecule has 3 N–H and O–H groups in total. The summed E-state index contributed by atoms with van der Waals surface area (Å²) in [5.41, 5.74) is 4.79. The van der Waals surface area contributed by atoms with E-state index < -0.39 is 35.3 Å². The van der Waals surface area contributed by atoms with Crippen molar-refractivity contribution in [1.82, 2.24) is 15.9 Å². The second-order valence-corrected chi connectivity index (χ2v) is 7.23. The van der Waals surface area contributed by atoms with Gasteiger partial charge in [0, 0.05) is 19.4 Å². The summed E-state index contributed by atoms with van der Waals surface area (Å²) in [5.74, 6) is -2.54. The van der Waals surface area contributed by atoms with Crippen molar-refractivity contribution in [2.24, 2.45) is 5.41 Å². The maximum atomic E-state index is 11.8. The van der Waals surface area contributed by atoms with Gasteiger partial charge in [-0.05, 0) is 31.5 Å². The molecule has 2 amide bonds. The van der Waals surface area contributed by atoms with Crippen molar-refractivity contribution >= 4 is 29.9 Å². The third-order valence-corrected chi connectivity index (χ3v) is 4.15. The lowest BCUT2D eigenvalue weighted by molar-refractivity contribution is -0.177. The summed E-state index contributed by atoms with van der Waals surface area (Å²) >= 11 is 0. The molecule has 168 valence electrons. The van der Waals surface area contributed by atoms with Crippen molar-refractivity contribution in [2.45, 2.75) is 33.3 Å². The monoisotopic (exact) mass is 437 g/mol. The van der Waals surface area contributed by atoms with E-state index in [1.165, 1.54) is 12.1 Å². The molecule has 1 saturated heterocycles. The highest BCUT2D eigenvalue weighted by molar-refractivity contribution is 6.01. The number of ether oxygens (including phenoxy) is 2. The standard InChI is InChI=1S/C19H23N3O9/c1-19(2,17(26)27)11-21-20-9-16(25)30-13-5-3-12(4-6-13)10-29-18(28)31-22-14(23)7-8-15(22)24/h3-6,20-21H,7-11H2,1-2H3,(H,26,27). The van der Waals surface area contributed by atoms with Crippen molar-refractivity contribution in [3.8, 4) is 5.75 Å². The van der Waals surface area contributed by atoms with E-state index in [-0.39, 0.29) is 38.3 Å². The average molecular weight is 437 g/mol. The van der Waals surface area contributed by atoms with Gasteiger partial charge in [0.25, 0.3) is 11.8 Å². The van der Waals surface area contributed by atoms with Crippen molar-refractivity contribution < 1.29 is 43.4 Å². The lowest BCUT2D eigenvalue weighted by Crippen LogP contribution is -2.45. The number of hydrogen-bond donors (Lipinski definition) is 3. The first-order valence-electron chi connectivity index (χ1n) is 9.28. The zero-order valence-corrected chi connectivity index (χ0v) is 17.0. The molecule has 0 radical (unpaired) electrons. The number of nitrogens with zero attached hydrogens (tertiary/aromatic N) is 1. The molecule has 0 atom stereocenters. The van der Waals surface area contributed by atoms with E-state index in [2.05, 4.69) is 15.7 Å². The Balaban J connectivity index is 1.69. The largest absolute Gasteiger partial charge is 0.534 e. The fourth-order valence-corrected chi connectivity index (χ4v) is 2.22. The Morgan fingerprint density at radius 3 is 2.26 bits per heavy atom. The first-order valence-corrected chi connectivity index (χ1v) is 9.28. The number of esters is 1. The third-order valence-electron chi connectivity index (χ3n) is 4.15. The normalized spacial score (nSPS) is 13.8. The fraction of sp³-hybridized carbons (Fsp3) is 0.421. The van der Waals surface area contributed by atoms with Crippen LogP contribution in [-0.4, -0.2) is 53.2 Å². The number of hydrogen-bond acceptors (Lipinski definition) is 10. The fourth-order valence-electron chi connectivity index (χ4n) is 2.22. The second kappa shape index (κ2) is 10.5. The molecule has 0 saturated carbocycles. The van der Waals surface area contributed by atoms with Crippen LogP contribution in [0.2, 0.25) is 0 Å². The van der Waals surface area contributed by atoms with Crippen LogP contribution in [0.1, 0.15) is 32.3 Å². The van der Waals surface area contributed by atoms with E-state index >= 15 is 0 Å². The molecule has 0 bridgehead atoms. The highest BCUT2D eigenvalue weighted by Crippen LogP contribution is 2.15. The van der Waals surface area contributed by atoms with Crippen LogP contribution in [0.5, 0.6) is 5.75 Å². The van der Waals surface area contributed by atoms with E-state index in [4.69, 9.17) is 14.6 Å². The predicted octanol–water partition coefficient (Wildman–Crippen LogP) is 0.514. The first kappa shape index (κ1) is 23.8. The minimum absolute atomic E-state index is 0.0157. The Labute approximate surface area is 177 Å². The van der Waals surface area contributed by atoms with Gasteiger partial charge in [0.05, 0.1) is 5.41 Å². The number of carboxylic acids is 1. The molecule has 1 aliphatic rings. The van der Waals surface area contributed by atoms with E-state index in [1.54, 1.807) is 26.0 Å². The number of rotatable bonds is 10. The molecule has 31 heavy (non-hydrogen) atoms. The maximum absolute atomic E-state index is 11.8. The lowest BCUT2D eigenvalue weighted by Gasteiger charge is -2.19. The van der Waals surface area contributed by atoms with Crippen molar-refractivity contribution in [3.05, 3.63) is 29.8 Å². The van der Waals surface area contributed by atoms with Gasteiger partial charge in [-0.25, -0.2) is 10.2 Å². The first-order chi connectivity index (χ1) is 14.6. The zero-order valence-electron chi connectivity index (χ0n) is 17.0. The van der Waals surface area contributed by atoms with Gasteiger partial charge in [-0.1, -0.05) is 17.2 Å². The van der Waals surface area contributed by atoms with Gasteiger partial charge in [0.15, 0.2) is 0 Å². The van der Waals surface area contributed by atoms with Crippen molar-refractivity contribution in [2.75, 3.05) is 13.1 Å². The third kappa shape index (κ3) is 7.35. The average Bonchev–Trinajstić information content (AvgIpc) is 3.02. The summed E-state index contributed by atoms with van der Waals surface area (Å²) < 4.78 is 9.96. The molecule has 1 fully saturated rings. The predicted molar refractivity (Wildman–Crippen MR) is 102 cm³/mol. The van der Waals surface area contributed by atoms with E-state index in [1.807, 2.05) is 0 Å². The van der Waals surface area contributed by atoms with Gasteiger partial charge in [-0.15, -0.1) is 0 Å². The molecule has 0 aliphatic carbocycles. The number of carbonyl (C=O) groups is 5. The van der Waals surface area contributed by atoms with Crippen molar-refractivity contribution in [1.29, 1.82) is 0 Å². The Kier molecular flexibility index (Phi) is 8.05. The number of amides is 2. The molecule has 0 spiro atoms. The molecule has 12 heteroatoms. The van der Waals surface area contributed by atoms with Crippen LogP contribution in [-0.2, 0) is 35.4 Å². The molecule has 1 heterocycles. The van der Waals surface area contributed by atoms with Gasteiger partial charge in [-0.2, -0.15) is 0 Å². The number of hydroxylamine groups is 2. The lowest BCUT2D eigenvalue weighted by atomic mass is 9.94. The zero-order chi connectivity index (χ0) is 23.0. The van der Waals surface area contributed by atoms with E-state index in [0.29, 0.717) is 10.6 Å². The molecule has 1 aromatic carbocycles. The minimum atomic E-state index is -1.19. The van der Waals surface area contributed by atoms with E-state index in [0.717, 1.165) is 0 Å². The van der Waals surface area contributed by atoms with Gasteiger partial charge >= 0.3 is 18.1 Å². The number of nitrogens with one attached hydrogen (secondary N) is 2. The summed E-state index contributed by atoms with van der Waals surface area (Å²) in [4.78, 5) is 61.7. The molecule has 2 rings (SSSR count). The Hall–Kier alpha value is -3.51. The molecule has 0 aromatic heterocycles. The van der Waals surface area contributed by atoms with Crippen LogP contribution in [0.25, 0.3) is 0 Å².